The molecule has 0 fully saturated rings. The lowest BCUT2D eigenvalue weighted by molar-refractivity contribution is -0.169. The maximum atomic E-state index is 12.3. The Morgan fingerprint density at radius 3 is 1.18 bits per heavy atom. The lowest BCUT2D eigenvalue weighted by Gasteiger charge is -2.26. The Balaban J connectivity index is 0. The van der Waals surface area contributed by atoms with Gasteiger partial charge in [-0.15, -0.1) is 0 Å². The first-order valence-electron chi connectivity index (χ1n) is 14.5. The molecule has 0 aromatic heterocycles. The van der Waals surface area contributed by atoms with Crippen LogP contribution in [-0.4, -0.2) is 94.8 Å². The summed E-state index contributed by atoms with van der Waals surface area (Å²) in [7, 11) is 2.83. The highest BCUT2D eigenvalue weighted by molar-refractivity contribution is 5.83. The van der Waals surface area contributed by atoms with Crippen molar-refractivity contribution in [3.8, 4) is 0 Å². The lowest BCUT2D eigenvalue weighted by atomic mass is 10.1. The van der Waals surface area contributed by atoms with Crippen molar-refractivity contribution in [1.82, 2.24) is 15.7 Å². The lowest BCUT2D eigenvalue weighted by Crippen LogP contribution is -2.46. The van der Waals surface area contributed by atoms with E-state index < -0.39 is 64.6 Å². The minimum absolute atomic E-state index is 0.00402. The highest BCUT2D eigenvalue weighted by Gasteiger charge is 2.30. The predicted octanol–water partition coefficient (Wildman–Crippen LogP) is 4.11. The van der Waals surface area contributed by atoms with Crippen LogP contribution in [0.15, 0.2) is 0 Å². The van der Waals surface area contributed by atoms with E-state index in [-0.39, 0.29) is 31.6 Å². The molecule has 15 heteroatoms. The third-order valence-corrected chi connectivity index (χ3v) is 4.68. The maximum absolute atomic E-state index is 12.3. The molecule has 0 aliphatic carbocycles. The Morgan fingerprint density at radius 1 is 0.600 bits per heavy atom. The number of nitrogens with zero attached hydrogens (tertiary/aromatic N) is 1. The van der Waals surface area contributed by atoms with Gasteiger partial charge in [0.15, 0.2) is 0 Å². The number of carbonyl (C=O) groups excluding carboxylic acids is 5. The van der Waals surface area contributed by atoms with Gasteiger partial charge in [-0.2, -0.15) is 0 Å². The average Bonchev–Trinajstić information content (AvgIpc) is 2.79. The summed E-state index contributed by atoms with van der Waals surface area (Å²) < 4.78 is 20.6. The van der Waals surface area contributed by atoms with Crippen LogP contribution in [-0.2, 0) is 43.0 Å². The predicted molar refractivity (Wildman–Crippen MR) is 164 cm³/mol. The Bertz CT molecular complexity index is 1000. The van der Waals surface area contributed by atoms with Crippen molar-refractivity contribution < 1.29 is 57.7 Å². The summed E-state index contributed by atoms with van der Waals surface area (Å²) in [5.74, 6) is -2.69. The van der Waals surface area contributed by atoms with Gasteiger partial charge < -0.3 is 34.7 Å². The summed E-state index contributed by atoms with van der Waals surface area (Å²) in [6.45, 7) is 20.4. The van der Waals surface area contributed by atoms with Gasteiger partial charge in [-0.1, -0.05) is 0 Å². The average molecular weight is 650 g/mol. The molecule has 0 bridgehead atoms. The van der Waals surface area contributed by atoms with Crippen molar-refractivity contribution in [2.75, 3.05) is 14.2 Å². The van der Waals surface area contributed by atoms with Gasteiger partial charge in [0.1, 0.15) is 34.5 Å². The number of hydroxylamine groups is 2. The largest absolute Gasteiger partial charge is 0.481 e. The quantitative estimate of drug-likeness (QED) is 0.165. The monoisotopic (exact) mass is 649 g/mol. The van der Waals surface area contributed by atoms with Crippen LogP contribution >= 0.6 is 0 Å². The van der Waals surface area contributed by atoms with Crippen LogP contribution in [0.4, 0.5) is 9.59 Å². The van der Waals surface area contributed by atoms with Crippen LogP contribution in [0, 0.1) is 0 Å². The normalized spacial score (nSPS) is 13.1. The molecule has 0 heterocycles. The molecule has 0 rings (SSSR count). The third kappa shape index (κ3) is 25.4. The Hall–Kier alpha value is -3.62. The Kier molecular flexibility index (Phi) is 17.8. The molecule has 0 aliphatic rings. The van der Waals surface area contributed by atoms with Crippen molar-refractivity contribution in [3.63, 3.8) is 0 Å². The third-order valence-electron chi connectivity index (χ3n) is 4.68. The number of carboxylic acids is 1. The fraction of sp³-hybridized carbons (Fsp3) is 0.800. The van der Waals surface area contributed by atoms with E-state index in [0.717, 1.165) is 5.06 Å². The summed E-state index contributed by atoms with van der Waals surface area (Å²) >= 11 is 0. The summed E-state index contributed by atoms with van der Waals surface area (Å²) in [6.07, 6.45) is -1.79. The highest BCUT2D eigenvalue weighted by Crippen LogP contribution is 2.14. The Morgan fingerprint density at radius 2 is 0.911 bits per heavy atom. The zero-order valence-corrected chi connectivity index (χ0v) is 29.4. The molecule has 0 radical (unpaired) electrons. The smallest absolute Gasteiger partial charge is 0.408 e. The molecule has 0 spiro atoms. The summed E-state index contributed by atoms with van der Waals surface area (Å²) in [4.78, 5) is 75.1. The topological polar surface area (TPSA) is 196 Å². The van der Waals surface area contributed by atoms with Crippen molar-refractivity contribution in [1.29, 1.82) is 0 Å². The molecular formula is C30H55N3O12. The van der Waals surface area contributed by atoms with E-state index in [1.165, 1.54) is 14.2 Å². The fourth-order valence-corrected chi connectivity index (χ4v) is 2.94. The molecule has 0 saturated heterocycles. The second kappa shape index (κ2) is 18.4. The van der Waals surface area contributed by atoms with Crippen LogP contribution in [0.2, 0.25) is 0 Å². The summed E-state index contributed by atoms with van der Waals surface area (Å²) in [5.41, 5.74) is -2.85. The van der Waals surface area contributed by atoms with Crippen LogP contribution in [0.1, 0.15) is 109 Å². The fourth-order valence-electron chi connectivity index (χ4n) is 2.94. The van der Waals surface area contributed by atoms with Crippen LogP contribution in [0.5, 0.6) is 0 Å². The highest BCUT2D eigenvalue weighted by atomic mass is 16.7. The molecule has 0 aromatic carbocycles. The summed E-state index contributed by atoms with van der Waals surface area (Å²) in [6, 6.07) is -2.05. The Labute approximate surface area is 266 Å². The molecule has 15 nitrogen and oxygen atoms in total. The number of esters is 2. The minimum Gasteiger partial charge on any atom is -0.481 e. The number of carboxylic acid groups (broad SMARTS) is 1. The van der Waals surface area contributed by atoms with Crippen molar-refractivity contribution in [3.05, 3.63) is 0 Å². The summed E-state index contributed by atoms with van der Waals surface area (Å²) in [5, 5.41) is 14.6. The zero-order valence-electron chi connectivity index (χ0n) is 29.4. The maximum Gasteiger partial charge on any atom is 0.408 e. The number of hydrogen-bond donors (Lipinski definition) is 3. The van der Waals surface area contributed by atoms with Gasteiger partial charge in [0, 0.05) is 19.9 Å². The van der Waals surface area contributed by atoms with Gasteiger partial charge in [0.25, 0.3) is 0 Å². The number of carbonyl (C=O) groups is 6. The van der Waals surface area contributed by atoms with E-state index in [4.69, 9.17) is 28.9 Å². The number of alkyl carbamates (subject to hydrolysis) is 2. The molecule has 0 unspecified atom stereocenters. The van der Waals surface area contributed by atoms with E-state index in [2.05, 4.69) is 10.6 Å². The number of hydrogen-bond acceptors (Lipinski definition) is 11. The van der Waals surface area contributed by atoms with Gasteiger partial charge in [0.2, 0.25) is 5.91 Å². The molecule has 45 heavy (non-hydrogen) atoms. The van der Waals surface area contributed by atoms with E-state index in [1.807, 2.05) is 0 Å². The second-order valence-electron chi connectivity index (χ2n) is 14.0. The van der Waals surface area contributed by atoms with Gasteiger partial charge in [-0.05, 0) is 95.9 Å². The standard InChI is InChI=1S/C16H30N2O6.C14H25NO6/c1-15(2,3)23-13(20)11(9-10-12(19)18(7)22-8)17-14(21)24-16(4,5)6;1-13(2,3)20-11(18)9(7-8-10(16)17)15-12(19)21-14(4,5)6/h11H,9-10H2,1-8H3,(H,17,21);9H,7-8H2,1-6H3,(H,15,19)(H,16,17)/t11-;9-/m00/s1. The van der Waals surface area contributed by atoms with E-state index >= 15 is 0 Å². The van der Waals surface area contributed by atoms with Crippen LogP contribution < -0.4 is 10.6 Å². The number of nitrogens with one attached hydrogen (secondary N) is 2. The molecule has 2 atom stereocenters. The van der Waals surface area contributed by atoms with Crippen LogP contribution in [0.3, 0.4) is 0 Å². The first kappa shape index (κ1) is 43.5. The SMILES string of the molecule is CC(C)(C)OC(=O)N[C@@H](CCC(=O)O)C(=O)OC(C)(C)C.CON(C)C(=O)CC[C@H](NC(=O)OC(C)(C)C)C(=O)OC(C)(C)C. The number of ether oxygens (including phenoxy) is 4. The molecular weight excluding hydrogens is 594 g/mol. The van der Waals surface area contributed by atoms with Gasteiger partial charge >= 0.3 is 30.1 Å². The van der Waals surface area contributed by atoms with E-state index in [9.17, 15) is 28.8 Å². The van der Waals surface area contributed by atoms with Crippen LogP contribution in [0.25, 0.3) is 0 Å². The van der Waals surface area contributed by atoms with E-state index in [0.29, 0.717) is 0 Å². The van der Waals surface area contributed by atoms with Gasteiger partial charge in [0.05, 0.1) is 7.11 Å². The number of aliphatic carboxylic acids is 1. The van der Waals surface area contributed by atoms with Gasteiger partial charge in [-0.3, -0.25) is 14.4 Å². The number of rotatable bonds is 11. The molecule has 0 saturated carbocycles. The van der Waals surface area contributed by atoms with E-state index in [1.54, 1.807) is 83.1 Å². The zero-order chi connectivity index (χ0) is 36.0. The van der Waals surface area contributed by atoms with Crippen molar-refractivity contribution in [2.45, 2.75) is 143 Å². The molecule has 3 amide bonds. The van der Waals surface area contributed by atoms with Crippen molar-refractivity contribution >= 4 is 36.0 Å². The van der Waals surface area contributed by atoms with Gasteiger partial charge in [-0.25, -0.2) is 24.2 Å². The van der Waals surface area contributed by atoms with Crippen molar-refractivity contribution in [2.24, 2.45) is 0 Å². The minimum atomic E-state index is -1.06. The first-order chi connectivity index (χ1) is 20.0. The number of amides is 3. The molecule has 0 aliphatic heterocycles. The second-order valence-corrected chi connectivity index (χ2v) is 14.0. The molecule has 0 aromatic rings. The first-order valence-corrected chi connectivity index (χ1v) is 14.5. The molecule has 262 valence electrons. The molecule has 3 N–H and O–H groups in total.